The van der Waals surface area contributed by atoms with Gasteiger partial charge in [0.05, 0.1) is 12.5 Å². The molecule has 0 aliphatic rings. The molecule has 1 rings (SSSR count). The molecule has 0 amide bonds. The fourth-order valence-corrected chi connectivity index (χ4v) is 1.85. The summed E-state index contributed by atoms with van der Waals surface area (Å²) >= 11 is 0. The number of ether oxygens (including phenoxy) is 1. The lowest BCUT2D eigenvalue weighted by molar-refractivity contribution is -0.145. The second kappa shape index (κ2) is 7.88. The van der Waals surface area contributed by atoms with Crippen LogP contribution in [0.5, 0.6) is 0 Å². The van der Waals surface area contributed by atoms with Crippen molar-refractivity contribution in [2.45, 2.75) is 45.4 Å². The molecule has 0 aromatic heterocycles. The van der Waals surface area contributed by atoms with E-state index in [1.165, 1.54) is 0 Å². The minimum absolute atomic E-state index is 0.0881. The molecule has 0 unspecified atom stereocenters. The van der Waals surface area contributed by atoms with E-state index < -0.39 is 0 Å². The van der Waals surface area contributed by atoms with Gasteiger partial charge in [-0.2, -0.15) is 0 Å². The van der Waals surface area contributed by atoms with E-state index in [-0.39, 0.29) is 11.9 Å². The van der Waals surface area contributed by atoms with Gasteiger partial charge in [0.25, 0.3) is 0 Å². The standard InChI is InChI=1S/C15H22O2/c1-3-5-9-12-17-15(16)14(4-2)13-10-7-6-8-11-13/h6-8,10-11,14H,3-5,9,12H2,1-2H3/t14-/m0/s1. The molecule has 0 spiro atoms. The molecule has 0 fully saturated rings. The zero-order valence-electron chi connectivity index (χ0n) is 10.8. The van der Waals surface area contributed by atoms with Crippen LogP contribution in [0.3, 0.4) is 0 Å². The molecule has 2 heteroatoms. The molecule has 0 radical (unpaired) electrons. The molecule has 94 valence electrons. The van der Waals surface area contributed by atoms with Crippen LogP contribution in [0.1, 0.15) is 51.0 Å². The Morgan fingerprint density at radius 3 is 2.47 bits per heavy atom. The fraction of sp³-hybridized carbons (Fsp3) is 0.533. The number of benzene rings is 1. The summed E-state index contributed by atoms with van der Waals surface area (Å²) < 4.78 is 5.31. The average molecular weight is 234 g/mol. The largest absolute Gasteiger partial charge is 0.465 e. The Morgan fingerprint density at radius 2 is 1.88 bits per heavy atom. The molecule has 0 heterocycles. The maximum Gasteiger partial charge on any atom is 0.313 e. The van der Waals surface area contributed by atoms with E-state index in [1.807, 2.05) is 37.3 Å². The van der Waals surface area contributed by atoms with Crippen LogP contribution in [-0.2, 0) is 9.53 Å². The van der Waals surface area contributed by atoms with Crippen molar-refractivity contribution in [2.24, 2.45) is 0 Å². The summed E-state index contributed by atoms with van der Waals surface area (Å²) in [7, 11) is 0. The number of carbonyl (C=O) groups excluding carboxylic acids is 1. The third-order valence-corrected chi connectivity index (χ3v) is 2.89. The summed E-state index contributed by atoms with van der Waals surface area (Å²) in [6.45, 7) is 4.71. The van der Waals surface area contributed by atoms with Crippen LogP contribution in [0, 0.1) is 0 Å². The first-order chi connectivity index (χ1) is 8.29. The maximum atomic E-state index is 11.9. The van der Waals surface area contributed by atoms with Crippen molar-refractivity contribution in [3.63, 3.8) is 0 Å². The minimum atomic E-state index is -0.113. The van der Waals surface area contributed by atoms with Crippen molar-refractivity contribution in [1.82, 2.24) is 0 Å². The average Bonchev–Trinajstić information content (AvgIpc) is 2.37. The Kier molecular flexibility index (Phi) is 6.38. The minimum Gasteiger partial charge on any atom is -0.465 e. The van der Waals surface area contributed by atoms with E-state index in [2.05, 4.69) is 6.92 Å². The summed E-state index contributed by atoms with van der Waals surface area (Å²) in [4.78, 5) is 11.9. The first-order valence-corrected chi connectivity index (χ1v) is 6.51. The predicted molar refractivity (Wildman–Crippen MR) is 70.0 cm³/mol. The van der Waals surface area contributed by atoms with Crippen molar-refractivity contribution in [2.75, 3.05) is 6.61 Å². The normalized spacial score (nSPS) is 12.1. The molecule has 0 saturated carbocycles. The van der Waals surface area contributed by atoms with Crippen molar-refractivity contribution >= 4 is 5.97 Å². The number of esters is 1. The molecule has 17 heavy (non-hydrogen) atoms. The summed E-state index contributed by atoms with van der Waals surface area (Å²) in [6, 6.07) is 9.86. The molecular formula is C15H22O2. The van der Waals surface area contributed by atoms with Crippen LogP contribution in [0.15, 0.2) is 30.3 Å². The van der Waals surface area contributed by atoms with E-state index in [4.69, 9.17) is 4.74 Å². The smallest absolute Gasteiger partial charge is 0.313 e. The van der Waals surface area contributed by atoms with E-state index in [0.29, 0.717) is 6.61 Å². The molecule has 0 N–H and O–H groups in total. The number of hydrogen-bond donors (Lipinski definition) is 0. The van der Waals surface area contributed by atoms with Gasteiger partial charge in [-0.05, 0) is 18.4 Å². The second-order valence-corrected chi connectivity index (χ2v) is 4.25. The highest BCUT2D eigenvalue weighted by Gasteiger charge is 2.19. The van der Waals surface area contributed by atoms with Gasteiger partial charge in [-0.1, -0.05) is 57.0 Å². The number of carbonyl (C=O) groups is 1. The van der Waals surface area contributed by atoms with Crippen molar-refractivity contribution < 1.29 is 9.53 Å². The van der Waals surface area contributed by atoms with Gasteiger partial charge in [0, 0.05) is 0 Å². The second-order valence-electron chi connectivity index (χ2n) is 4.25. The third kappa shape index (κ3) is 4.59. The van der Waals surface area contributed by atoms with E-state index in [0.717, 1.165) is 31.2 Å². The monoisotopic (exact) mass is 234 g/mol. The van der Waals surface area contributed by atoms with E-state index >= 15 is 0 Å². The lowest BCUT2D eigenvalue weighted by Gasteiger charge is -2.14. The zero-order valence-corrected chi connectivity index (χ0v) is 10.8. The molecule has 0 aliphatic heterocycles. The SMILES string of the molecule is CCCCCOC(=O)[C@@H](CC)c1ccccc1. The Morgan fingerprint density at radius 1 is 1.18 bits per heavy atom. The fourth-order valence-electron chi connectivity index (χ4n) is 1.85. The Bertz CT molecular complexity index is 319. The predicted octanol–water partition coefficient (Wildman–Crippen LogP) is 3.91. The zero-order chi connectivity index (χ0) is 12.5. The Hall–Kier alpha value is -1.31. The van der Waals surface area contributed by atoms with Gasteiger partial charge in [0.2, 0.25) is 0 Å². The number of unbranched alkanes of at least 4 members (excludes halogenated alkanes) is 2. The molecule has 0 aliphatic carbocycles. The third-order valence-electron chi connectivity index (χ3n) is 2.89. The Balaban J connectivity index is 2.48. The summed E-state index contributed by atoms with van der Waals surface area (Å²) in [6.07, 6.45) is 4.02. The van der Waals surface area contributed by atoms with Gasteiger partial charge in [-0.15, -0.1) is 0 Å². The van der Waals surface area contributed by atoms with Gasteiger partial charge < -0.3 is 4.74 Å². The molecule has 1 atom stereocenters. The molecule has 0 saturated heterocycles. The van der Waals surface area contributed by atoms with Gasteiger partial charge in [0.15, 0.2) is 0 Å². The highest BCUT2D eigenvalue weighted by Crippen LogP contribution is 2.20. The lowest BCUT2D eigenvalue weighted by Crippen LogP contribution is -2.16. The molecule has 2 nitrogen and oxygen atoms in total. The topological polar surface area (TPSA) is 26.3 Å². The molecular weight excluding hydrogens is 212 g/mol. The van der Waals surface area contributed by atoms with Crippen LogP contribution in [0.4, 0.5) is 0 Å². The van der Waals surface area contributed by atoms with E-state index in [9.17, 15) is 4.79 Å². The maximum absolute atomic E-state index is 11.9. The summed E-state index contributed by atoms with van der Waals surface area (Å²) in [5.41, 5.74) is 1.05. The van der Waals surface area contributed by atoms with E-state index in [1.54, 1.807) is 0 Å². The van der Waals surface area contributed by atoms with Gasteiger partial charge in [0.1, 0.15) is 0 Å². The van der Waals surface area contributed by atoms with Gasteiger partial charge in [-0.3, -0.25) is 4.79 Å². The van der Waals surface area contributed by atoms with Crippen LogP contribution < -0.4 is 0 Å². The first-order valence-electron chi connectivity index (χ1n) is 6.51. The van der Waals surface area contributed by atoms with Crippen LogP contribution in [0.25, 0.3) is 0 Å². The quantitative estimate of drug-likeness (QED) is 0.528. The summed E-state index contributed by atoms with van der Waals surface area (Å²) in [5, 5.41) is 0. The van der Waals surface area contributed by atoms with Crippen molar-refractivity contribution in [3.8, 4) is 0 Å². The molecule has 0 bridgehead atoms. The number of hydrogen-bond acceptors (Lipinski definition) is 2. The molecule has 1 aromatic carbocycles. The van der Waals surface area contributed by atoms with Crippen LogP contribution in [-0.4, -0.2) is 12.6 Å². The highest BCUT2D eigenvalue weighted by atomic mass is 16.5. The van der Waals surface area contributed by atoms with Crippen LogP contribution in [0.2, 0.25) is 0 Å². The highest BCUT2D eigenvalue weighted by molar-refractivity contribution is 5.78. The van der Waals surface area contributed by atoms with Gasteiger partial charge >= 0.3 is 5.97 Å². The summed E-state index contributed by atoms with van der Waals surface area (Å²) in [5.74, 6) is -0.201. The molecule has 1 aromatic rings. The van der Waals surface area contributed by atoms with Crippen molar-refractivity contribution in [3.05, 3.63) is 35.9 Å². The first kappa shape index (κ1) is 13.8. The Labute approximate surface area is 104 Å². The van der Waals surface area contributed by atoms with Crippen molar-refractivity contribution in [1.29, 1.82) is 0 Å². The number of rotatable bonds is 7. The lowest BCUT2D eigenvalue weighted by atomic mass is 9.97. The van der Waals surface area contributed by atoms with Gasteiger partial charge in [-0.25, -0.2) is 0 Å². The van der Waals surface area contributed by atoms with Crippen LogP contribution >= 0.6 is 0 Å².